The second kappa shape index (κ2) is 11.6. The first-order valence-electron chi connectivity index (χ1n) is 13.5. The molecule has 224 valence electrons. The van der Waals surface area contributed by atoms with Gasteiger partial charge in [-0.25, -0.2) is 13.8 Å². The monoisotopic (exact) mass is 600 g/mol. The lowest BCUT2D eigenvalue weighted by Crippen LogP contribution is -2.44. The molecule has 0 spiro atoms. The van der Waals surface area contributed by atoms with Gasteiger partial charge in [-0.2, -0.15) is 18.3 Å². The molecule has 0 radical (unpaired) electrons. The Balaban J connectivity index is 1.18. The predicted molar refractivity (Wildman–Crippen MR) is 144 cm³/mol. The molecule has 4 heterocycles. The number of H-pyrrole nitrogens is 1. The lowest BCUT2D eigenvalue weighted by molar-refractivity contribution is -0.137. The Morgan fingerprint density at radius 3 is 2.79 bits per heavy atom. The molecule has 1 atom stereocenters. The SMILES string of the molecule is O=CCN1CCCCC1Oc1ccc(-c2cc(CN3Cc4nc(-c5cccc(F)c5F)[nH]c4C=N3)on2)c(C(F)(F)F)c1. The van der Waals surface area contributed by atoms with E-state index < -0.39 is 29.6 Å². The molecule has 14 heteroatoms. The van der Waals surface area contributed by atoms with Gasteiger partial charge in [0.15, 0.2) is 23.6 Å². The van der Waals surface area contributed by atoms with Gasteiger partial charge in [0, 0.05) is 18.2 Å². The number of carbonyl (C=O) groups excluding carboxylic acids is 1. The van der Waals surface area contributed by atoms with Crippen molar-refractivity contribution in [1.29, 1.82) is 0 Å². The number of ether oxygens (including phenoxy) is 1. The highest BCUT2D eigenvalue weighted by molar-refractivity contribution is 5.80. The summed E-state index contributed by atoms with van der Waals surface area (Å²) in [6.45, 7) is 1.02. The minimum Gasteiger partial charge on any atom is -0.475 e. The molecule has 0 amide bonds. The first-order chi connectivity index (χ1) is 20.7. The standard InChI is InChI=1S/C29H25F5N6O3/c30-22-5-3-4-20(27(22)31)28-36-24-14-35-40(16-25(24)37-28)15-18-13-23(38-43-18)19-8-7-17(12-21(19)29(32,33)34)42-26-6-1-2-9-39(26)10-11-41/h3-5,7-8,11-14,26H,1-2,6,9-10,15-16H2,(H,36,37). The van der Waals surface area contributed by atoms with Gasteiger partial charge >= 0.3 is 6.18 Å². The van der Waals surface area contributed by atoms with Gasteiger partial charge in [0.25, 0.3) is 0 Å². The van der Waals surface area contributed by atoms with Crippen LogP contribution in [0.15, 0.2) is 52.1 Å². The van der Waals surface area contributed by atoms with Crippen LogP contribution >= 0.6 is 0 Å². The summed E-state index contributed by atoms with van der Waals surface area (Å²) in [7, 11) is 0. The Hall–Kier alpha value is -4.59. The van der Waals surface area contributed by atoms with Crippen LogP contribution in [-0.4, -0.2) is 56.9 Å². The van der Waals surface area contributed by atoms with Gasteiger partial charge in [0.1, 0.15) is 23.6 Å². The molecule has 2 aliphatic rings. The number of piperidine rings is 1. The van der Waals surface area contributed by atoms with E-state index in [1.165, 1.54) is 36.5 Å². The second-order valence-electron chi connectivity index (χ2n) is 10.2. The van der Waals surface area contributed by atoms with E-state index in [2.05, 4.69) is 20.2 Å². The van der Waals surface area contributed by atoms with E-state index in [0.717, 1.165) is 31.3 Å². The number of imidazole rings is 1. The summed E-state index contributed by atoms with van der Waals surface area (Å²) in [6.07, 6.45) is -0.637. The highest BCUT2D eigenvalue weighted by Gasteiger charge is 2.36. The molecule has 0 bridgehead atoms. The van der Waals surface area contributed by atoms with Crippen molar-refractivity contribution in [3.05, 3.63) is 76.8 Å². The Morgan fingerprint density at radius 2 is 1.98 bits per heavy atom. The Labute approximate surface area is 241 Å². The molecule has 1 saturated heterocycles. The molecule has 9 nitrogen and oxygen atoms in total. The van der Waals surface area contributed by atoms with Crippen molar-refractivity contribution in [2.75, 3.05) is 13.1 Å². The number of halogens is 5. The molecule has 43 heavy (non-hydrogen) atoms. The number of likely N-dealkylation sites (tertiary alicyclic amines) is 1. The van der Waals surface area contributed by atoms with Crippen molar-refractivity contribution in [3.63, 3.8) is 0 Å². The molecule has 6 rings (SSSR count). The molecule has 0 aliphatic carbocycles. The lowest BCUT2D eigenvalue weighted by atomic mass is 10.0. The average Bonchev–Trinajstić information content (AvgIpc) is 3.62. The zero-order valence-electron chi connectivity index (χ0n) is 22.6. The summed E-state index contributed by atoms with van der Waals surface area (Å²) >= 11 is 0. The fourth-order valence-corrected chi connectivity index (χ4v) is 5.22. The van der Waals surface area contributed by atoms with Crippen LogP contribution < -0.4 is 4.74 Å². The molecular formula is C29H25F5N6O3. The van der Waals surface area contributed by atoms with Gasteiger partial charge in [-0.3, -0.25) is 9.91 Å². The van der Waals surface area contributed by atoms with Gasteiger partial charge in [-0.1, -0.05) is 11.2 Å². The topological polar surface area (TPSA) is 99.8 Å². The molecule has 1 N–H and O–H groups in total. The molecule has 1 unspecified atom stereocenters. The molecule has 2 aromatic carbocycles. The van der Waals surface area contributed by atoms with Crippen LogP contribution in [0, 0.1) is 11.6 Å². The third-order valence-corrected chi connectivity index (χ3v) is 7.30. The summed E-state index contributed by atoms with van der Waals surface area (Å²) in [5.41, 5.74) is -0.109. The number of fused-ring (bicyclic) bond motifs is 1. The van der Waals surface area contributed by atoms with Gasteiger partial charge in [0.2, 0.25) is 0 Å². The first kappa shape index (κ1) is 28.5. The van der Waals surface area contributed by atoms with Crippen molar-refractivity contribution in [1.82, 2.24) is 25.0 Å². The number of aromatic nitrogens is 3. The fraction of sp³-hybridized carbons (Fsp3) is 0.310. The maximum absolute atomic E-state index is 14.2. The number of carbonyl (C=O) groups is 1. The minimum absolute atomic E-state index is 0.0144. The van der Waals surface area contributed by atoms with E-state index in [1.54, 1.807) is 9.91 Å². The number of benzene rings is 2. The molecular weight excluding hydrogens is 575 g/mol. The van der Waals surface area contributed by atoms with E-state index in [0.29, 0.717) is 24.4 Å². The normalized spacial score (nSPS) is 17.2. The van der Waals surface area contributed by atoms with Gasteiger partial charge < -0.3 is 19.0 Å². The number of nitrogens with zero attached hydrogens (tertiary/aromatic N) is 5. The zero-order chi connectivity index (χ0) is 30.1. The number of rotatable bonds is 8. The quantitative estimate of drug-likeness (QED) is 0.203. The lowest BCUT2D eigenvalue weighted by Gasteiger charge is -2.34. The highest BCUT2D eigenvalue weighted by atomic mass is 19.4. The number of alkyl halides is 3. The maximum Gasteiger partial charge on any atom is 0.417 e. The largest absolute Gasteiger partial charge is 0.475 e. The summed E-state index contributed by atoms with van der Waals surface area (Å²) in [5, 5.41) is 9.72. The third-order valence-electron chi connectivity index (χ3n) is 7.30. The van der Waals surface area contributed by atoms with Crippen LogP contribution in [0.5, 0.6) is 5.75 Å². The average molecular weight is 601 g/mol. The summed E-state index contributed by atoms with van der Waals surface area (Å²) in [6, 6.07) is 8.86. The van der Waals surface area contributed by atoms with E-state index in [4.69, 9.17) is 9.26 Å². The zero-order valence-corrected chi connectivity index (χ0v) is 22.6. The van der Waals surface area contributed by atoms with Gasteiger partial charge in [-0.15, -0.1) is 0 Å². The Kier molecular flexibility index (Phi) is 7.69. The molecule has 0 saturated carbocycles. The third kappa shape index (κ3) is 6.00. The molecule has 1 fully saturated rings. The van der Waals surface area contributed by atoms with E-state index in [9.17, 15) is 26.7 Å². The van der Waals surface area contributed by atoms with E-state index in [-0.39, 0.29) is 53.8 Å². The van der Waals surface area contributed by atoms with Crippen molar-refractivity contribution >= 4 is 12.5 Å². The van der Waals surface area contributed by atoms with Crippen molar-refractivity contribution < 1.29 is 36.0 Å². The van der Waals surface area contributed by atoms with Crippen LogP contribution in [0.25, 0.3) is 22.6 Å². The number of nitrogens with one attached hydrogen (secondary N) is 1. The summed E-state index contributed by atoms with van der Waals surface area (Å²) < 4.78 is 81.5. The smallest absolute Gasteiger partial charge is 0.417 e. The molecule has 4 aromatic rings. The Bertz CT molecular complexity index is 1670. The highest BCUT2D eigenvalue weighted by Crippen LogP contribution is 2.39. The number of hydrazone groups is 1. The van der Waals surface area contributed by atoms with Gasteiger partial charge in [0.05, 0.1) is 48.4 Å². The predicted octanol–water partition coefficient (Wildman–Crippen LogP) is 5.77. The van der Waals surface area contributed by atoms with Crippen LogP contribution in [0.1, 0.15) is 42.0 Å². The van der Waals surface area contributed by atoms with Crippen molar-refractivity contribution in [2.24, 2.45) is 5.10 Å². The minimum atomic E-state index is -4.70. The van der Waals surface area contributed by atoms with Crippen LogP contribution in [0.4, 0.5) is 22.0 Å². The van der Waals surface area contributed by atoms with Crippen molar-refractivity contribution in [3.8, 4) is 28.4 Å². The van der Waals surface area contributed by atoms with E-state index >= 15 is 0 Å². The number of aldehydes is 1. The van der Waals surface area contributed by atoms with E-state index in [1.807, 2.05) is 0 Å². The van der Waals surface area contributed by atoms with Crippen LogP contribution in [0.2, 0.25) is 0 Å². The van der Waals surface area contributed by atoms with Gasteiger partial charge in [-0.05, 0) is 49.6 Å². The van der Waals surface area contributed by atoms with Crippen LogP contribution in [0.3, 0.4) is 0 Å². The number of hydrogen-bond acceptors (Lipinski definition) is 8. The van der Waals surface area contributed by atoms with Crippen molar-refractivity contribution in [2.45, 2.75) is 44.8 Å². The Morgan fingerprint density at radius 1 is 1.12 bits per heavy atom. The summed E-state index contributed by atoms with van der Waals surface area (Å²) in [4.78, 5) is 20.1. The number of aromatic amines is 1. The molecule has 2 aliphatic heterocycles. The first-order valence-corrected chi connectivity index (χ1v) is 13.5. The van der Waals surface area contributed by atoms with Crippen LogP contribution in [-0.2, 0) is 24.1 Å². The maximum atomic E-state index is 14.2. The fourth-order valence-electron chi connectivity index (χ4n) is 5.22. The number of hydrogen-bond donors (Lipinski definition) is 1. The molecule has 2 aromatic heterocycles. The second-order valence-corrected chi connectivity index (χ2v) is 10.2. The summed E-state index contributed by atoms with van der Waals surface area (Å²) in [5.74, 6) is -1.59.